The zero-order chi connectivity index (χ0) is 13.5. The topological polar surface area (TPSA) is 54.5 Å². The van der Waals surface area contributed by atoms with Crippen molar-refractivity contribution < 1.29 is 0 Å². The summed E-state index contributed by atoms with van der Waals surface area (Å²) in [5.41, 5.74) is 1.27. The Kier molecular flexibility index (Phi) is 2.80. The quantitative estimate of drug-likeness (QED) is 0.555. The van der Waals surface area contributed by atoms with Gasteiger partial charge in [-0.15, -0.1) is 22.7 Å². The Morgan fingerprint density at radius 1 is 0.950 bits per heavy atom. The fourth-order valence-electron chi connectivity index (χ4n) is 1.91. The Bertz CT molecular complexity index is 865. The lowest BCUT2D eigenvalue weighted by molar-refractivity contribution is 1.22. The van der Waals surface area contributed by atoms with Crippen molar-refractivity contribution in [3.05, 3.63) is 40.2 Å². The highest BCUT2D eigenvalue weighted by atomic mass is 35.5. The molecule has 0 aromatic carbocycles. The van der Waals surface area contributed by atoms with Gasteiger partial charge in [-0.25, -0.2) is 15.0 Å². The second kappa shape index (κ2) is 4.66. The second-order valence-electron chi connectivity index (χ2n) is 4.08. The first kappa shape index (κ1) is 12.0. The molecule has 0 aliphatic heterocycles. The number of hydrogen-bond acceptors (Lipinski definition) is 5. The molecule has 0 saturated heterocycles. The van der Waals surface area contributed by atoms with Gasteiger partial charge < -0.3 is 4.98 Å². The maximum atomic E-state index is 6.24. The summed E-state index contributed by atoms with van der Waals surface area (Å²) in [6.07, 6.45) is 0. The Morgan fingerprint density at radius 2 is 1.70 bits per heavy atom. The monoisotopic (exact) mass is 318 g/mol. The molecule has 0 fully saturated rings. The van der Waals surface area contributed by atoms with E-state index in [1.54, 1.807) is 22.7 Å². The number of H-pyrrole nitrogens is 1. The predicted octanol–water partition coefficient (Wildman–Crippen LogP) is 4.46. The van der Waals surface area contributed by atoms with Crippen molar-refractivity contribution >= 4 is 45.4 Å². The van der Waals surface area contributed by atoms with Crippen LogP contribution in [-0.2, 0) is 0 Å². The van der Waals surface area contributed by atoms with E-state index in [2.05, 4.69) is 19.9 Å². The molecule has 4 aromatic heterocycles. The first-order valence-electron chi connectivity index (χ1n) is 5.82. The standard InChI is InChI=1S/C13H7ClN4S2/c14-10-9-13(17-11(15-9)7-3-1-5-19-7)18-12(16-10)8-4-2-6-20-8/h1-6H,(H,15,16,17,18). The molecule has 0 atom stereocenters. The number of halogens is 1. The molecule has 0 aliphatic rings. The van der Waals surface area contributed by atoms with E-state index in [1.807, 2.05) is 35.0 Å². The van der Waals surface area contributed by atoms with Crippen LogP contribution in [0.4, 0.5) is 0 Å². The zero-order valence-electron chi connectivity index (χ0n) is 10.0. The molecule has 20 heavy (non-hydrogen) atoms. The summed E-state index contributed by atoms with van der Waals surface area (Å²) in [7, 11) is 0. The van der Waals surface area contributed by atoms with E-state index in [0.29, 0.717) is 22.1 Å². The first-order chi connectivity index (χ1) is 9.81. The lowest BCUT2D eigenvalue weighted by atomic mass is 10.4. The lowest BCUT2D eigenvalue weighted by Gasteiger charge is -1.97. The minimum absolute atomic E-state index is 0.397. The molecule has 98 valence electrons. The molecular formula is C13H7ClN4S2. The largest absolute Gasteiger partial charge is 0.333 e. The van der Waals surface area contributed by atoms with Gasteiger partial charge in [-0.2, -0.15) is 0 Å². The third-order valence-electron chi connectivity index (χ3n) is 2.80. The normalized spacial score (nSPS) is 11.2. The molecule has 0 saturated carbocycles. The molecule has 0 spiro atoms. The van der Waals surface area contributed by atoms with Crippen LogP contribution in [0.1, 0.15) is 0 Å². The van der Waals surface area contributed by atoms with Crippen molar-refractivity contribution in [3.63, 3.8) is 0 Å². The molecule has 0 aliphatic carbocycles. The molecule has 4 nitrogen and oxygen atoms in total. The zero-order valence-corrected chi connectivity index (χ0v) is 12.4. The van der Waals surface area contributed by atoms with E-state index >= 15 is 0 Å². The van der Waals surface area contributed by atoms with Gasteiger partial charge in [-0.3, -0.25) is 0 Å². The van der Waals surface area contributed by atoms with Crippen LogP contribution in [0, 0.1) is 0 Å². The third kappa shape index (κ3) is 1.93. The summed E-state index contributed by atoms with van der Waals surface area (Å²) in [5, 5.41) is 4.39. The first-order valence-corrected chi connectivity index (χ1v) is 7.96. The number of aromatic nitrogens is 4. The second-order valence-corrected chi connectivity index (χ2v) is 6.33. The van der Waals surface area contributed by atoms with Crippen LogP contribution in [-0.4, -0.2) is 19.9 Å². The van der Waals surface area contributed by atoms with E-state index in [1.165, 1.54) is 0 Å². The van der Waals surface area contributed by atoms with Crippen LogP contribution in [0.25, 0.3) is 32.6 Å². The van der Waals surface area contributed by atoms with E-state index in [-0.39, 0.29) is 0 Å². The molecule has 0 radical (unpaired) electrons. The van der Waals surface area contributed by atoms with Gasteiger partial charge >= 0.3 is 0 Å². The van der Waals surface area contributed by atoms with Gasteiger partial charge in [0.2, 0.25) is 0 Å². The van der Waals surface area contributed by atoms with Crippen LogP contribution < -0.4 is 0 Å². The summed E-state index contributed by atoms with van der Waals surface area (Å²) >= 11 is 9.43. The Balaban J connectivity index is 1.92. The van der Waals surface area contributed by atoms with Crippen molar-refractivity contribution in [2.24, 2.45) is 0 Å². The van der Waals surface area contributed by atoms with E-state index in [4.69, 9.17) is 11.6 Å². The molecule has 4 rings (SSSR count). The van der Waals surface area contributed by atoms with E-state index in [0.717, 1.165) is 15.6 Å². The fourth-order valence-corrected chi connectivity index (χ4v) is 3.45. The predicted molar refractivity (Wildman–Crippen MR) is 83.3 cm³/mol. The number of nitrogens with one attached hydrogen (secondary N) is 1. The molecule has 7 heteroatoms. The van der Waals surface area contributed by atoms with Crippen LogP contribution in [0.3, 0.4) is 0 Å². The Labute approximate surface area is 127 Å². The van der Waals surface area contributed by atoms with Gasteiger partial charge in [0.05, 0.1) is 9.75 Å². The van der Waals surface area contributed by atoms with Crippen LogP contribution in [0.15, 0.2) is 35.0 Å². The van der Waals surface area contributed by atoms with Crippen molar-refractivity contribution in [2.45, 2.75) is 0 Å². The molecule has 0 bridgehead atoms. The maximum Gasteiger partial charge on any atom is 0.183 e. The number of fused-ring (bicyclic) bond motifs is 1. The minimum atomic E-state index is 0.397. The smallest absolute Gasteiger partial charge is 0.183 e. The average Bonchev–Trinajstić information content (AvgIpc) is 3.19. The molecule has 1 N–H and O–H groups in total. The van der Waals surface area contributed by atoms with Crippen molar-refractivity contribution in [3.8, 4) is 21.4 Å². The summed E-state index contributed by atoms with van der Waals surface area (Å²) < 4.78 is 0. The molecule has 4 heterocycles. The van der Waals surface area contributed by atoms with Crippen molar-refractivity contribution in [1.29, 1.82) is 0 Å². The lowest BCUT2D eigenvalue weighted by Crippen LogP contribution is -1.89. The van der Waals surface area contributed by atoms with Gasteiger partial charge in [0.1, 0.15) is 5.52 Å². The maximum absolute atomic E-state index is 6.24. The Morgan fingerprint density at radius 3 is 2.40 bits per heavy atom. The molecule has 0 amide bonds. The highest BCUT2D eigenvalue weighted by molar-refractivity contribution is 7.13. The SMILES string of the molecule is Clc1nc(-c2cccs2)nc2nc(-c3cccs3)[nH]c12. The van der Waals surface area contributed by atoms with Gasteiger partial charge in [0.25, 0.3) is 0 Å². The summed E-state index contributed by atoms with van der Waals surface area (Å²) in [4.78, 5) is 18.6. The average molecular weight is 319 g/mol. The van der Waals surface area contributed by atoms with Gasteiger partial charge in [-0.05, 0) is 22.9 Å². The fraction of sp³-hybridized carbons (Fsp3) is 0. The molecule has 0 unspecified atom stereocenters. The third-order valence-corrected chi connectivity index (χ3v) is 4.82. The number of aromatic amines is 1. The van der Waals surface area contributed by atoms with Crippen molar-refractivity contribution in [1.82, 2.24) is 19.9 Å². The summed E-state index contributed by atoms with van der Waals surface area (Å²) in [5.74, 6) is 1.39. The van der Waals surface area contributed by atoms with E-state index in [9.17, 15) is 0 Å². The molecule has 4 aromatic rings. The number of imidazole rings is 1. The van der Waals surface area contributed by atoms with Crippen molar-refractivity contribution in [2.75, 3.05) is 0 Å². The number of rotatable bonds is 2. The molecular weight excluding hydrogens is 312 g/mol. The number of thiophene rings is 2. The van der Waals surface area contributed by atoms with Gasteiger partial charge in [0.15, 0.2) is 22.4 Å². The highest BCUT2D eigenvalue weighted by Gasteiger charge is 2.14. The van der Waals surface area contributed by atoms with Crippen LogP contribution >= 0.6 is 34.3 Å². The van der Waals surface area contributed by atoms with Crippen LogP contribution in [0.2, 0.25) is 5.15 Å². The van der Waals surface area contributed by atoms with Gasteiger partial charge in [-0.1, -0.05) is 23.7 Å². The number of nitrogens with zero attached hydrogens (tertiary/aromatic N) is 3. The number of hydrogen-bond donors (Lipinski definition) is 1. The highest BCUT2D eigenvalue weighted by Crippen LogP contribution is 2.29. The van der Waals surface area contributed by atoms with Crippen LogP contribution in [0.5, 0.6) is 0 Å². The summed E-state index contributed by atoms with van der Waals surface area (Å²) in [6, 6.07) is 7.92. The Hall–Kier alpha value is -1.76. The minimum Gasteiger partial charge on any atom is -0.333 e. The summed E-state index contributed by atoms with van der Waals surface area (Å²) in [6.45, 7) is 0. The van der Waals surface area contributed by atoms with E-state index < -0.39 is 0 Å². The van der Waals surface area contributed by atoms with Gasteiger partial charge in [0, 0.05) is 0 Å².